The van der Waals surface area contributed by atoms with Crippen molar-refractivity contribution in [2.45, 2.75) is 18.8 Å². The normalized spacial score (nSPS) is 18.4. The van der Waals surface area contributed by atoms with Crippen LogP contribution in [0.25, 0.3) is 0 Å². The van der Waals surface area contributed by atoms with Gasteiger partial charge in [-0.2, -0.15) is 8.78 Å². The van der Waals surface area contributed by atoms with E-state index in [0.29, 0.717) is 19.6 Å². The fourth-order valence-electron chi connectivity index (χ4n) is 1.79. The number of hydrogen-bond donors (Lipinski definition) is 1. The van der Waals surface area contributed by atoms with Crippen molar-refractivity contribution in [1.29, 1.82) is 0 Å². The van der Waals surface area contributed by atoms with E-state index in [1.165, 1.54) is 0 Å². The Morgan fingerprint density at radius 2 is 1.78 bits per heavy atom. The molecule has 0 spiro atoms. The summed E-state index contributed by atoms with van der Waals surface area (Å²) < 4.78 is 49.8. The molecule has 0 aliphatic carbocycles. The molecule has 8 heteroatoms. The molecule has 0 saturated carbocycles. The molecular formula is C10H17F4N3O. The van der Waals surface area contributed by atoms with E-state index < -0.39 is 18.3 Å². The van der Waals surface area contributed by atoms with Gasteiger partial charge in [0, 0.05) is 26.2 Å². The van der Waals surface area contributed by atoms with Gasteiger partial charge in [-0.15, -0.1) is 0 Å². The second-order valence-electron chi connectivity index (χ2n) is 4.20. The summed E-state index contributed by atoms with van der Waals surface area (Å²) in [6.07, 6.45) is -3.18. The molecule has 4 nitrogen and oxygen atoms in total. The van der Waals surface area contributed by atoms with Gasteiger partial charge in [0.25, 0.3) is 5.91 Å². The lowest BCUT2D eigenvalue weighted by Crippen LogP contribution is -2.55. The zero-order valence-electron chi connectivity index (χ0n) is 9.92. The molecule has 1 amide bonds. The van der Waals surface area contributed by atoms with E-state index in [4.69, 9.17) is 5.73 Å². The SMILES string of the molecule is NCCCN1CCN(C(=O)C(F)(F)C(F)F)CC1. The molecule has 1 heterocycles. The van der Waals surface area contributed by atoms with Gasteiger partial charge in [0.05, 0.1) is 0 Å². The Morgan fingerprint density at radius 1 is 1.22 bits per heavy atom. The van der Waals surface area contributed by atoms with Gasteiger partial charge < -0.3 is 10.6 Å². The number of piperazine rings is 1. The number of hydrogen-bond acceptors (Lipinski definition) is 3. The first-order chi connectivity index (χ1) is 8.39. The summed E-state index contributed by atoms with van der Waals surface area (Å²) in [7, 11) is 0. The van der Waals surface area contributed by atoms with Gasteiger partial charge in [0.1, 0.15) is 0 Å². The number of carbonyl (C=O) groups excluding carboxylic acids is 1. The standard InChI is InChI=1S/C10H17F4N3O/c11-8(12)10(13,14)9(18)17-6-4-16(5-7-17)3-1-2-15/h8H,1-7,15H2. The third-order valence-electron chi connectivity index (χ3n) is 2.90. The summed E-state index contributed by atoms with van der Waals surface area (Å²) in [6, 6.07) is 0. The Kier molecular flexibility index (Phi) is 5.33. The number of carbonyl (C=O) groups is 1. The predicted octanol–water partition coefficient (Wildman–Crippen LogP) is 0.380. The van der Waals surface area contributed by atoms with Gasteiger partial charge in [0.15, 0.2) is 0 Å². The largest absolute Gasteiger partial charge is 0.383 e. The summed E-state index contributed by atoms with van der Waals surface area (Å²) in [5.74, 6) is -6.37. The van der Waals surface area contributed by atoms with E-state index in [9.17, 15) is 22.4 Å². The molecule has 0 bridgehead atoms. The molecule has 1 rings (SSSR count). The summed E-state index contributed by atoms with van der Waals surface area (Å²) in [6.45, 7) is 2.17. The minimum absolute atomic E-state index is 0.0473. The zero-order valence-corrected chi connectivity index (χ0v) is 9.92. The molecule has 0 aromatic rings. The summed E-state index contributed by atoms with van der Waals surface area (Å²) >= 11 is 0. The fraction of sp³-hybridized carbons (Fsp3) is 0.900. The van der Waals surface area contributed by atoms with Gasteiger partial charge >= 0.3 is 12.3 Å². The van der Waals surface area contributed by atoms with Crippen molar-refractivity contribution < 1.29 is 22.4 Å². The van der Waals surface area contributed by atoms with Gasteiger partial charge in [0.2, 0.25) is 0 Å². The van der Waals surface area contributed by atoms with Crippen LogP contribution in [0.15, 0.2) is 0 Å². The van der Waals surface area contributed by atoms with Crippen molar-refractivity contribution in [3.05, 3.63) is 0 Å². The van der Waals surface area contributed by atoms with Crippen LogP contribution in [0.1, 0.15) is 6.42 Å². The fourth-order valence-corrected chi connectivity index (χ4v) is 1.79. The van der Waals surface area contributed by atoms with Crippen LogP contribution in [0.3, 0.4) is 0 Å². The topological polar surface area (TPSA) is 49.6 Å². The lowest BCUT2D eigenvalue weighted by Gasteiger charge is -2.36. The van der Waals surface area contributed by atoms with Crippen molar-refractivity contribution in [2.75, 3.05) is 39.3 Å². The highest BCUT2D eigenvalue weighted by Crippen LogP contribution is 2.25. The molecule has 106 valence electrons. The predicted molar refractivity (Wildman–Crippen MR) is 57.6 cm³/mol. The van der Waals surface area contributed by atoms with Crippen molar-refractivity contribution in [3.8, 4) is 0 Å². The van der Waals surface area contributed by atoms with Crippen LogP contribution >= 0.6 is 0 Å². The molecule has 0 radical (unpaired) electrons. The van der Waals surface area contributed by atoms with Crippen LogP contribution in [-0.4, -0.2) is 67.3 Å². The third kappa shape index (κ3) is 3.55. The maximum absolute atomic E-state index is 12.9. The molecule has 1 aliphatic heterocycles. The quantitative estimate of drug-likeness (QED) is 0.735. The average Bonchev–Trinajstić information content (AvgIpc) is 2.35. The van der Waals surface area contributed by atoms with Gasteiger partial charge in [-0.25, -0.2) is 8.78 Å². The zero-order chi connectivity index (χ0) is 13.8. The van der Waals surface area contributed by atoms with E-state index >= 15 is 0 Å². The molecule has 1 fully saturated rings. The van der Waals surface area contributed by atoms with Crippen molar-refractivity contribution >= 4 is 5.91 Å². The second-order valence-corrected chi connectivity index (χ2v) is 4.20. The van der Waals surface area contributed by atoms with E-state index in [-0.39, 0.29) is 13.1 Å². The number of halogens is 4. The Balaban J connectivity index is 2.45. The number of nitrogens with two attached hydrogens (primary N) is 1. The molecule has 2 N–H and O–H groups in total. The lowest BCUT2D eigenvalue weighted by atomic mass is 10.2. The van der Waals surface area contributed by atoms with Gasteiger partial charge in [-0.05, 0) is 19.5 Å². The molecule has 0 atom stereocenters. The van der Waals surface area contributed by atoms with E-state index in [0.717, 1.165) is 17.9 Å². The average molecular weight is 271 g/mol. The smallest absolute Gasteiger partial charge is 0.335 e. The first-order valence-corrected chi connectivity index (χ1v) is 5.77. The molecule has 0 aromatic carbocycles. The van der Waals surface area contributed by atoms with Crippen molar-refractivity contribution in [2.24, 2.45) is 5.73 Å². The Bertz CT molecular complexity index is 280. The van der Waals surface area contributed by atoms with Crippen LogP contribution in [0, 0.1) is 0 Å². The van der Waals surface area contributed by atoms with Crippen LogP contribution in [0.2, 0.25) is 0 Å². The van der Waals surface area contributed by atoms with Crippen LogP contribution in [0.5, 0.6) is 0 Å². The highest BCUT2D eigenvalue weighted by atomic mass is 19.3. The number of alkyl halides is 4. The molecule has 0 unspecified atom stereocenters. The van der Waals surface area contributed by atoms with Crippen LogP contribution < -0.4 is 5.73 Å². The van der Waals surface area contributed by atoms with Crippen LogP contribution in [0.4, 0.5) is 17.6 Å². The minimum Gasteiger partial charge on any atom is -0.335 e. The number of amides is 1. The van der Waals surface area contributed by atoms with E-state index in [2.05, 4.69) is 0 Å². The van der Waals surface area contributed by atoms with Crippen molar-refractivity contribution in [1.82, 2.24) is 9.80 Å². The molecular weight excluding hydrogens is 254 g/mol. The van der Waals surface area contributed by atoms with Crippen molar-refractivity contribution in [3.63, 3.8) is 0 Å². The third-order valence-corrected chi connectivity index (χ3v) is 2.90. The molecule has 0 aromatic heterocycles. The van der Waals surface area contributed by atoms with E-state index in [1.807, 2.05) is 4.90 Å². The molecule has 1 aliphatic rings. The Hall–Kier alpha value is -0.890. The second kappa shape index (κ2) is 6.33. The Labute approximate surface area is 103 Å². The number of nitrogens with zero attached hydrogens (tertiary/aromatic N) is 2. The summed E-state index contributed by atoms with van der Waals surface area (Å²) in [5.41, 5.74) is 5.34. The highest BCUT2D eigenvalue weighted by molar-refractivity contribution is 5.84. The van der Waals surface area contributed by atoms with Gasteiger partial charge in [-0.1, -0.05) is 0 Å². The minimum atomic E-state index is -4.58. The summed E-state index contributed by atoms with van der Waals surface area (Å²) in [5, 5.41) is 0. The first kappa shape index (κ1) is 15.2. The maximum atomic E-state index is 12.9. The monoisotopic (exact) mass is 271 g/mol. The summed E-state index contributed by atoms with van der Waals surface area (Å²) in [4.78, 5) is 14.0. The molecule has 1 saturated heterocycles. The first-order valence-electron chi connectivity index (χ1n) is 5.77. The molecule has 18 heavy (non-hydrogen) atoms. The maximum Gasteiger partial charge on any atom is 0.383 e. The number of rotatable bonds is 5. The highest BCUT2D eigenvalue weighted by Gasteiger charge is 2.51. The van der Waals surface area contributed by atoms with E-state index in [1.54, 1.807) is 0 Å². The lowest BCUT2D eigenvalue weighted by molar-refractivity contribution is -0.182. The Morgan fingerprint density at radius 3 is 2.22 bits per heavy atom. The van der Waals surface area contributed by atoms with Crippen LogP contribution in [-0.2, 0) is 4.79 Å². The van der Waals surface area contributed by atoms with Gasteiger partial charge in [-0.3, -0.25) is 9.69 Å².